The van der Waals surface area contributed by atoms with Gasteiger partial charge in [-0.15, -0.1) is 0 Å². The Morgan fingerprint density at radius 3 is 2.69 bits per heavy atom. The van der Waals surface area contributed by atoms with Gasteiger partial charge in [-0.25, -0.2) is 0 Å². The third-order valence-electron chi connectivity index (χ3n) is 3.25. The number of piperidine rings is 1. The molecule has 1 saturated heterocycles. The summed E-state index contributed by atoms with van der Waals surface area (Å²) in [5.74, 6) is 2.13. The van der Waals surface area contributed by atoms with Crippen molar-refractivity contribution in [1.29, 1.82) is 0 Å². The maximum atomic E-state index is 10.00. The molecule has 3 atom stereocenters. The number of β-amino-alcohol motifs (C(OH)–C–C–N with tert-alkyl or cyclic N) is 1. The van der Waals surface area contributed by atoms with Gasteiger partial charge in [0.15, 0.2) is 0 Å². The van der Waals surface area contributed by atoms with Crippen LogP contribution in [0, 0.1) is 11.8 Å². The van der Waals surface area contributed by atoms with E-state index >= 15 is 0 Å². The monoisotopic (exact) mass is 223 g/mol. The highest BCUT2D eigenvalue weighted by molar-refractivity contribution is 5.02. The van der Waals surface area contributed by atoms with E-state index in [-0.39, 0.29) is 0 Å². The van der Waals surface area contributed by atoms with Gasteiger partial charge in [0.25, 0.3) is 0 Å². The molecule has 0 aliphatic carbocycles. The average Bonchev–Trinajstić information content (AvgIpc) is 2.68. The van der Waals surface area contributed by atoms with Gasteiger partial charge in [0, 0.05) is 19.6 Å². The largest absolute Gasteiger partial charge is 0.467 e. The standard InChI is InChI=1S/C13H21NO2/c1-10-6-11(2)8-14(7-10)9-12(15)13-4-3-5-16-13/h3-5,10-12,15H,6-9H2,1-2H3. The third kappa shape index (κ3) is 2.86. The zero-order valence-electron chi connectivity index (χ0n) is 10.1. The van der Waals surface area contributed by atoms with Gasteiger partial charge >= 0.3 is 0 Å². The van der Waals surface area contributed by atoms with E-state index < -0.39 is 6.10 Å². The molecule has 0 spiro atoms. The molecule has 3 heteroatoms. The zero-order valence-corrected chi connectivity index (χ0v) is 10.1. The molecule has 1 aliphatic heterocycles. The number of hydrogen-bond donors (Lipinski definition) is 1. The molecule has 1 aliphatic rings. The van der Waals surface area contributed by atoms with Crippen LogP contribution in [0.3, 0.4) is 0 Å². The lowest BCUT2D eigenvalue weighted by Gasteiger charge is -2.35. The highest BCUT2D eigenvalue weighted by Crippen LogP contribution is 2.23. The molecule has 0 saturated carbocycles. The number of aliphatic hydroxyl groups is 1. The second-order valence-electron chi connectivity index (χ2n) is 5.20. The van der Waals surface area contributed by atoms with Gasteiger partial charge in [-0.05, 0) is 30.4 Å². The highest BCUT2D eigenvalue weighted by Gasteiger charge is 2.24. The molecule has 3 nitrogen and oxygen atoms in total. The van der Waals surface area contributed by atoms with Crippen molar-refractivity contribution in [2.24, 2.45) is 11.8 Å². The van der Waals surface area contributed by atoms with Crippen LogP contribution in [0.1, 0.15) is 32.1 Å². The predicted molar refractivity (Wildman–Crippen MR) is 63.1 cm³/mol. The minimum atomic E-state index is -0.493. The van der Waals surface area contributed by atoms with Crippen molar-refractivity contribution in [1.82, 2.24) is 4.90 Å². The van der Waals surface area contributed by atoms with Gasteiger partial charge in [-0.3, -0.25) is 4.90 Å². The molecule has 2 rings (SSSR count). The van der Waals surface area contributed by atoms with Crippen molar-refractivity contribution in [3.63, 3.8) is 0 Å². The summed E-state index contributed by atoms with van der Waals surface area (Å²) in [5.41, 5.74) is 0. The van der Waals surface area contributed by atoms with Gasteiger partial charge in [0.2, 0.25) is 0 Å². The number of hydrogen-bond acceptors (Lipinski definition) is 3. The molecule has 3 unspecified atom stereocenters. The van der Waals surface area contributed by atoms with E-state index in [1.165, 1.54) is 6.42 Å². The fourth-order valence-corrected chi connectivity index (χ4v) is 2.76. The molecule has 1 aromatic rings. The van der Waals surface area contributed by atoms with Crippen molar-refractivity contribution < 1.29 is 9.52 Å². The first-order valence-corrected chi connectivity index (χ1v) is 6.09. The molecule has 90 valence electrons. The van der Waals surface area contributed by atoms with Gasteiger partial charge in [0.1, 0.15) is 11.9 Å². The van der Waals surface area contributed by atoms with Crippen molar-refractivity contribution >= 4 is 0 Å². The van der Waals surface area contributed by atoms with E-state index in [1.807, 2.05) is 12.1 Å². The summed E-state index contributed by atoms with van der Waals surface area (Å²) in [4.78, 5) is 2.34. The lowest BCUT2D eigenvalue weighted by atomic mass is 9.92. The summed E-state index contributed by atoms with van der Waals surface area (Å²) in [6.45, 7) is 7.41. The van der Waals surface area contributed by atoms with Crippen molar-refractivity contribution in [3.05, 3.63) is 24.2 Å². The van der Waals surface area contributed by atoms with Crippen LogP contribution in [-0.2, 0) is 0 Å². The van der Waals surface area contributed by atoms with Gasteiger partial charge in [-0.1, -0.05) is 13.8 Å². The minimum Gasteiger partial charge on any atom is -0.467 e. The van der Waals surface area contributed by atoms with E-state index in [0.717, 1.165) is 24.9 Å². The van der Waals surface area contributed by atoms with Crippen LogP contribution in [0.4, 0.5) is 0 Å². The smallest absolute Gasteiger partial charge is 0.133 e. The Labute approximate surface area is 97.1 Å². The first-order chi connectivity index (χ1) is 7.65. The Kier molecular flexibility index (Phi) is 3.66. The molecule has 16 heavy (non-hydrogen) atoms. The summed E-state index contributed by atoms with van der Waals surface area (Å²) in [6, 6.07) is 3.65. The first kappa shape index (κ1) is 11.7. The van der Waals surface area contributed by atoms with E-state index in [2.05, 4.69) is 18.7 Å². The molecule has 1 aromatic heterocycles. The molecule has 1 N–H and O–H groups in total. The average molecular weight is 223 g/mol. The molecule has 0 bridgehead atoms. The van der Waals surface area contributed by atoms with Crippen LogP contribution in [0.15, 0.2) is 22.8 Å². The maximum Gasteiger partial charge on any atom is 0.133 e. The third-order valence-corrected chi connectivity index (χ3v) is 3.25. The van der Waals surface area contributed by atoms with Crippen LogP contribution < -0.4 is 0 Å². The summed E-state index contributed by atoms with van der Waals surface area (Å²) < 4.78 is 5.21. The quantitative estimate of drug-likeness (QED) is 0.854. The second kappa shape index (κ2) is 5.02. The number of furan rings is 1. The van der Waals surface area contributed by atoms with Crippen LogP contribution in [0.25, 0.3) is 0 Å². The lowest BCUT2D eigenvalue weighted by Crippen LogP contribution is -2.40. The fraction of sp³-hybridized carbons (Fsp3) is 0.692. The Morgan fingerprint density at radius 2 is 2.12 bits per heavy atom. The molecular formula is C13H21NO2. The molecule has 1 fully saturated rings. The summed E-state index contributed by atoms with van der Waals surface area (Å²) in [5, 5.41) is 10.00. The molecular weight excluding hydrogens is 202 g/mol. The van der Waals surface area contributed by atoms with Crippen molar-refractivity contribution in [3.8, 4) is 0 Å². The molecule has 0 amide bonds. The van der Waals surface area contributed by atoms with E-state index in [4.69, 9.17) is 4.42 Å². The Balaban J connectivity index is 1.89. The minimum absolute atomic E-state index is 0.493. The SMILES string of the molecule is CC1CC(C)CN(CC(O)c2ccco2)C1. The highest BCUT2D eigenvalue weighted by atomic mass is 16.4. The lowest BCUT2D eigenvalue weighted by molar-refractivity contribution is 0.0587. The topological polar surface area (TPSA) is 36.6 Å². The van der Waals surface area contributed by atoms with E-state index in [0.29, 0.717) is 12.3 Å². The molecule has 2 heterocycles. The van der Waals surface area contributed by atoms with Crippen LogP contribution >= 0.6 is 0 Å². The normalized spacial score (nSPS) is 29.2. The Hall–Kier alpha value is -0.800. The van der Waals surface area contributed by atoms with Crippen molar-refractivity contribution in [2.75, 3.05) is 19.6 Å². The van der Waals surface area contributed by atoms with E-state index in [9.17, 15) is 5.11 Å². The zero-order chi connectivity index (χ0) is 11.5. The number of aliphatic hydroxyl groups excluding tert-OH is 1. The first-order valence-electron chi connectivity index (χ1n) is 6.09. The number of nitrogens with zero attached hydrogens (tertiary/aromatic N) is 1. The fourth-order valence-electron chi connectivity index (χ4n) is 2.76. The van der Waals surface area contributed by atoms with Crippen LogP contribution in [0.2, 0.25) is 0 Å². The molecule has 0 aromatic carbocycles. The summed E-state index contributed by atoms with van der Waals surface area (Å²) in [7, 11) is 0. The molecule has 0 radical (unpaired) electrons. The Bertz CT molecular complexity index is 300. The van der Waals surface area contributed by atoms with Gasteiger partial charge in [-0.2, -0.15) is 0 Å². The number of likely N-dealkylation sites (tertiary alicyclic amines) is 1. The predicted octanol–water partition coefficient (Wildman–Crippen LogP) is 2.29. The number of rotatable bonds is 3. The van der Waals surface area contributed by atoms with Crippen molar-refractivity contribution in [2.45, 2.75) is 26.4 Å². The van der Waals surface area contributed by atoms with Gasteiger partial charge in [0.05, 0.1) is 6.26 Å². The summed E-state index contributed by atoms with van der Waals surface area (Å²) in [6.07, 6.45) is 2.42. The summed E-state index contributed by atoms with van der Waals surface area (Å²) >= 11 is 0. The van der Waals surface area contributed by atoms with Crippen LogP contribution in [-0.4, -0.2) is 29.6 Å². The Morgan fingerprint density at radius 1 is 1.44 bits per heavy atom. The van der Waals surface area contributed by atoms with E-state index in [1.54, 1.807) is 6.26 Å². The van der Waals surface area contributed by atoms with Gasteiger partial charge < -0.3 is 9.52 Å². The second-order valence-corrected chi connectivity index (χ2v) is 5.20. The maximum absolute atomic E-state index is 10.00. The van der Waals surface area contributed by atoms with Crippen LogP contribution in [0.5, 0.6) is 0 Å².